The molecule has 2 aliphatic carbocycles. The summed E-state index contributed by atoms with van der Waals surface area (Å²) >= 11 is 7.81. The van der Waals surface area contributed by atoms with Crippen LogP contribution in [0.4, 0.5) is 28.6 Å². The Labute approximate surface area is 362 Å². The molecule has 318 valence electrons. The molecule has 5 aromatic rings. The number of phenolic OH excluding ortho intramolecular Hbond substituents is 1. The molecule has 2 aromatic heterocycles. The van der Waals surface area contributed by atoms with Crippen molar-refractivity contribution in [2.45, 2.75) is 32.6 Å². The van der Waals surface area contributed by atoms with Crippen molar-refractivity contribution in [2.75, 3.05) is 35.9 Å². The second kappa shape index (κ2) is 14.2. The minimum Gasteiger partial charge on any atom is -0.508 e. The number of carbonyl (C=O) groups excluding carboxylic acids is 4. The number of nitro benzene ring substituents is 2. The van der Waals surface area contributed by atoms with E-state index in [1.54, 1.807) is 44.3 Å². The number of fused-ring (bicyclic) bond motifs is 5. The Bertz CT molecular complexity index is 2870. The average Bonchev–Trinajstić information content (AvgIpc) is 3.90. The van der Waals surface area contributed by atoms with Crippen LogP contribution >= 0.6 is 22.9 Å². The van der Waals surface area contributed by atoms with E-state index < -0.39 is 79.9 Å². The Balaban J connectivity index is 1.17. The molecule has 0 spiro atoms. The number of ether oxygens (including phenoxy) is 1. The van der Waals surface area contributed by atoms with Crippen molar-refractivity contribution in [3.8, 4) is 22.1 Å². The van der Waals surface area contributed by atoms with Crippen LogP contribution in [0.2, 0.25) is 5.02 Å². The lowest BCUT2D eigenvalue weighted by molar-refractivity contribution is -0.392. The van der Waals surface area contributed by atoms with Gasteiger partial charge in [0.05, 0.1) is 50.7 Å². The van der Waals surface area contributed by atoms with Gasteiger partial charge in [0.25, 0.3) is 0 Å². The van der Waals surface area contributed by atoms with Gasteiger partial charge in [0.15, 0.2) is 5.69 Å². The monoisotopic (exact) mass is 879 g/mol. The molecule has 3 aromatic carbocycles. The number of phenols is 1. The van der Waals surface area contributed by atoms with Gasteiger partial charge in [-0.3, -0.25) is 44.1 Å². The normalized spacial score (nSPS) is 24.3. The van der Waals surface area contributed by atoms with Gasteiger partial charge in [-0.05, 0) is 73.9 Å². The maximum absolute atomic E-state index is 15.3. The van der Waals surface area contributed by atoms with Gasteiger partial charge in [0.1, 0.15) is 23.0 Å². The summed E-state index contributed by atoms with van der Waals surface area (Å²) < 4.78 is 8.22. The number of hydrogen-bond acceptors (Lipinski definition) is 13. The summed E-state index contributed by atoms with van der Waals surface area (Å²) in [6.07, 6.45) is 1.73. The number of thiophene rings is 1. The molecule has 2 saturated heterocycles. The third-order valence-corrected chi connectivity index (χ3v) is 14.7. The first-order valence-electron chi connectivity index (χ1n) is 19.6. The molecular formula is C43H38ClN7O10S. The predicted octanol–water partition coefficient (Wildman–Crippen LogP) is 7.30. The number of imide groups is 2. The predicted molar refractivity (Wildman–Crippen MR) is 230 cm³/mol. The molecule has 4 heterocycles. The lowest BCUT2D eigenvalue weighted by atomic mass is 9.51. The highest BCUT2D eigenvalue weighted by Crippen LogP contribution is 2.65. The van der Waals surface area contributed by atoms with Crippen molar-refractivity contribution in [1.29, 1.82) is 0 Å². The number of aryl methyl sites for hydroxylation is 2. The molecule has 17 nitrogen and oxygen atoms in total. The topological polar surface area (TPSA) is 212 Å². The Morgan fingerprint density at radius 2 is 1.66 bits per heavy atom. The summed E-state index contributed by atoms with van der Waals surface area (Å²) in [5.41, 5.74) is -1.31. The summed E-state index contributed by atoms with van der Waals surface area (Å²) in [6, 6.07) is 13.9. The molecule has 9 rings (SSSR count). The summed E-state index contributed by atoms with van der Waals surface area (Å²) in [5.74, 6) is -7.45. The van der Waals surface area contributed by atoms with Crippen LogP contribution in [-0.2, 0) is 26.2 Å². The molecule has 4 aliphatic rings. The molecule has 2 aliphatic heterocycles. The van der Waals surface area contributed by atoms with Gasteiger partial charge in [-0.2, -0.15) is 5.10 Å². The smallest absolute Gasteiger partial charge is 0.301 e. The van der Waals surface area contributed by atoms with E-state index in [1.807, 2.05) is 19.1 Å². The zero-order chi connectivity index (χ0) is 44.4. The number of halogens is 1. The van der Waals surface area contributed by atoms with Crippen molar-refractivity contribution in [3.63, 3.8) is 0 Å². The van der Waals surface area contributed by atoms with Crippen molar-refractivity contribution in [2.24, 2.45) is 36.1 Å². The molecule has 4 amide bonds. The highest BCUT2D eigenvalue weighted by Gasteiger charge is 2.68. The second-order valence-electron chi connectivity index (χ2n) is 16.5. The number of aromatic hydroxyl groups is 1. The summed E-state index contributed by atoms with van der Waals surface area (Å²) in [4.78, 5) is 86.3. The average molecular weight is 880 g/mol. The molecule has 1 N–H and O–H groups in total. The fourth-order valence-corrected chi connectivity index (χ4v) is 11.8. The molecule has 3 fully saturated rings. The Kier molecular flexibility index (Phi) is 9.33. The van der Waals surface area contributed by atoms with Crippen LogP contribution in [0.5, 0.6) is 11.5 Å². The summed E-state index contributed by atoms with van der Waals surface area (Å²) in [7, 11) is 5.86. The SMILES string of the molecule is COc1cccc(O)c1[C@H]1C2=CC[C@@H]3C(=O)N(c4cc([N+](=O)[O-])c(N(C)C)c([N+](=O)[O-])c4)C(=O)[C@@H]3[C@@H]2C[C@H]2C(=O)N(c3cc(-c4sc5ccc(Cl)cc5c4C)nn3C)C(=O)[C@@]12C. The highest BCUT2D eigenvalue weighted by molar-refractivity contribution is 7.22. The number of amides is 4. The maximum Gasteiger partial charge on any atom is 0.301 e. The molecule has 0 bridgehead atoms. The van der Waals surface area contributed by atoms with Crippen LogP contribution in [0.1, 0.15) is 36.8 Å². The maximum atomic E-state index is 15.3. The third-order valence-electron chi connectivity index (χ3n) is 13.2. The van der Waals surface area contributed by atoms with E-state index >= 15 is 9.59 Å². The van der Waals surface area contributed by atoms with Crippen LogP contribution in [0, 0.1) is 56.2 Å². The number of nitrogens with zero attached hydrogens (tertiary/aromatic N) is 7. The lowest BCUT2D eigenvalue weighted by Gasteiger charge is -2.49. The number of carbonyl (C=O) groups is 4. The lowest BCUT2D eigenvalue weighted by Crippen LogP contribution is -2.49. The van der Waals surface area contributed by atoms with E-state index in [1.165, 1.54) is 48.2 Å². The van der Waals surface area contributed by atoms with Crippen molar-refractivity contribution < 1.29 is 38.9 Å². The molecule has 1 saturated carbocycles. The number of allylic oxidation sites excluding steroid dienone is 2. The first-order chi connectivity index (χ1) is 29.4. The van der Waals surface area contributed by atoms with Crippen molar-refractivity contribution >= 4 is 85.2 Å². The number of nitro groups is 2. The van der Waals surface area contributed by atoms with E-state index in [0.29, 0.717) is 16.3 Å². The van der Waals surface area contributed by atoms with E-state index in [2.05, 4.69) is 0 Å². The number of anilines is 3. The van der Waals surface area contributed by atoms with Gasteiger partial charge in [0, 0.05) is 60.5 Å². The van der Waals surface area contributed by atoms with Gasteiger partial charge >= 0.3 is 11.4 Å². The third kappa shape index (κ3) is 5.61. The highest BCUT2D eigenvalue weighted by atomic mass is 35.5. The van der Waals surface area contributed by atoms with Crippen LogP contribution in [0.15, 0.2) is 66.2 Å². The Hall–Kier alpha value is -6.66. The molecule has 19 heteroatoms. The zero-order valence-electron chi connectivity index (χ0n) is 34.1. The number of aromatic nitrogens is 2. The van der Waals surface area contributed by atoms with Crippen molar-refractivity contribution in [1.82, 2.24) is 9.78 Å². The van der Waals surface area contributed by atoms with Gasteiger partial charge in [-0.15, -0.1) is 11.3 Å². The second-order valence-corrected chi connectivity index (χ2v) is 18.0. The first kappa shape index (κ1) is 40.7. The number of methoxy groups -OCH3 is 1. The minimum absolute atomic E-state index is 0.00136. The largest absolute Gasteiger partial charge is 0.508 e. The number of hydrogen-bond donors (Lipinski definition) is 1. The quantitative estimate of drug-likeness (QED) is 0.0704. The van der Waals surface area contributed by atoms with E-state index in [-0.39, 0.29) is 47.1 Å². The Morgan fingerprint density at radius 1 is 0.968 bits per heavy atom. The fourth-order valence-electron chi connectivity index (χ4n) is 10.5. The molecule has 0 radical (unpaired) electrons. The van der Waals surface area contributed by atoms with Gasteiger partial charge in [-0.1, -0.05) is 29.3 Å². The van der Waals surface area contributed by atoms with Crippen LogP contribution in [0.25, 0.3) is 20.7 Å². The van der Waals surface area contributed by atoms with Crippen LogP contribution in [-0.4, -0.2) is 69.6 Å². The molecule has 6 atom stereocenters. The van der Waals surface area contributed by atoms with Gasteiger partial charge in [0.2, 0.25) is 23.6 Å². The first-order valence-corrected chi connectivity index (χ1v) is 20.8. The molecule has 0 unspecified atom stereocenters. The van der Waals surface area contributed by atoms with Crippen LogP contribution < -0.4 is 19.4 Å². The standard InChI is InChI=1S/C43H38ClN7O10S/c1-19-24-14-20(44)10-13-32(24)62-38(19)27-18-33(47(5)45-27)49-40(54)26-17-25-22(36(43(26,2)42(49)56)35-30(52)8-7-9-31(35)61-6)11-12-23-34(25)41(55)48(39(23)53)21-15-28(50(57)58)37(46(3)4)29(16-21)51(59)60/h7-11,13-16,18,23,25-26,34,36,52H,12,17H2,1-6H3/t23-,25+,26-,34-,36+,43+/m0/s1. The van der Waals surface area contributed by atoms with E-state index in [9.17, 15) is 34.9 Å². The van der Waals surface area contributed by atoms with E-state index in [4.69, 9.17) is 21.4 Å². The van der Waals surface area contributed by atoms with Gasteiger partial charge in [-0.25, -0.2) is 9.80 Å². The summed E-state index contributed by atoms with van der Waals surface area (Å²) in [6.45, 7) is 3.62. The Morgan fingerprint density at radius 3 is 2.31 bits per heavy atom. The number of rotatable bonds is 8. The fraction of sp³-hybridized carbons (Fsp3) is 0.326. The molecule has 62 heavy (non-hydrogen) atoms. The minimum atomic E-state index is -1.55. The molecular weight excluding hydrogens is 842 g/mol. The zero-order valence-corrected chi connectivity index (χ0v) is 35.7. The van der Waals surface area contributed by atoms with Crippen LogP contribution in [0.3, 0.4) is 0 Å². The summed E-state index contributed by atoms with van der Waals surface area (Å²) in [5, 5.41) is 42.4. The number of benzene rings is 3. The van der Waals surface area contributed by atoms with Crippen molar-refractivity contribution in [3.05, 3.63) is 103 Å². The van der Waals surface area contributed by atoms with Gasteiger partial charge < -0.3 is 14.7 Å². The van der Waals surface area contributed by atoms with E-state index in [0.717, 1.165) is 42.5 Å².